The van der Waals surface area contributed by atoms with Crippen molar-refractivity contribution >= 4 is 17.6 Å². The zero-order chi connectivity index (χ0) is 12.3. The van der Waals surface area contributed by atoms with Gasteiger partial charge >= 0.3 is 5.97 Å². The second kappa shape index (κ2) is 4.83. The van der Waals surface area contributed by atoms with Crippen molar-refractivity contribution in [3.8, 4) is 0 Å². The number of carboxylic acids is 1. The van der Waals surface area contributed by atoms with Gasteiger partial charge in [0.25, 0.3) is 0 Å². The molecular formula is C11H16N2O3. The number of aryl methyl sites for hydroxylation is 1. The molecule has 5 nitrogen and oxygen atoms in total. The molecule has 0 radical (unpaired) electrons. The minimum absolute atomic E-state index is 0.0224. The van der Waals surface area contributed by atoms with Crippen LogP contribution in [0.5, 0.6) is 0 Å². The summed E-state index contributed by atoms with van der Waals surface area (Å²) in [6.45, 7) is 5.45. The zero-order valence-corrected chi connectivity index (χ0v) is 9.63. The Morgan fingerprint density at radius 1 is 1.56 bits per heavy atom. The first kappa shape index (κ1) is 12.3. The van der Waals surface area contributed by atoms with Gasteiger partial charge in [-0.3, -0.25) is 4.79 Å². The highest BCUT2D eigenvalue weighted by Crippen LogP contribution is 2.18. The van der Waals surface area contributed by atoms with Gasteiger partial charge in [0.2, 0.25) is 5.91 Å². The molecule has 0 aromatic carbocycles. The van der Waals surface area contributed by atoms with Gasteiger partial charge in [-0.05, 0) is 19.4 Å². The number of carbonyl (C=O) groups is 2. The smallest absolute Gasteiger partial charge is 0.354 e. The lowest BCUT2D eigenvalue weighted by Gasteiger charge is -2.09. The first-order valence-electron chi connectivity index (χ1n) is 5.19. The van der Waals surface area contributed by atoms with Gasteiger partial charge in [0.1, 0.15) is 5.69 Å². The quantitative estimate of drug-likeness (QED) is 0.731. The van der Waals surface area contributed by atoms with Crippen LogP contribution in [-0.4, -0.2) is 22.0 Å². The normalized spacial score (nSPS) is 12.2. The topological polar surface area (TPSA) is 82.2 Å². The highest BCUT2D eigenvalue weighted by atomic mass is 16.4. The lowest BCUT2D eigenvalue weighted by atomic mass is 10.1. The summed E-state index contributed by atoms with van der Waals surface area (Å²) in [5.41, 5.74) is 1.06. The maximum absolute atomic E-state index is 11.6. The van der Waals surface area contributed by atoms with Crippen LogP contribution in [0.1, 0.15) is 36.5 Å². The summed E-state index contributed by atoms with van der Waals surface area (Å²) in [5, 5.41) is 11.5. The molecule has 1 aromatic rings. The van der Waals surface area contributed by atoms with Gasteiger partial charge < -0.3 is 15.4 Å². The second-order valence-corrected chi connectivity index (χ2v) is 3.84. The van der Waals surface area contributed by atoms with E-state index in [2.05, 4.69) is 10.3 Å². The Labute approximate surface area is 93.9 Å². The van der Waals surface area contributed by atoms with Crippen molar-refractivity contribution in [2.75, 3.05) is 5.32 Å². The number of carbonyl (C=O) groups excluding carboxylic acids is 1. The summed E-state index contributed by atoms with van der Waals surface area (Å²) in [5.74, 6) is -1.37. The molecule has 0 spiro atoms. The summed E-state index contributed by atoms with van der Waals surface area (Å²) >= 11 is 0. The molecule has 0 saturated heterocycles. The summed E-state index contributed by atoms with van der Waals surface area (Å²) < 4.78 is 0. The summed E-state index contributed by atoms with van der Waals surface area (Å²) in [7, 11) is 0. The van der Waals surface area contributed by atoms with Crippen molar-refractivity contribution < 1.29 is 14.7 Å². The molecule has 0 bridgehead atoms. The number of aromatic amines is 1. The molecule has 1 amide bonds. The van der Waals surface area contributed by atoms with Crippen LogP contribution in [-0.2, 0) is 4.79 Å². The fraction of sp³-hybridized carbons (Fsp3) is 0.455. The van der Waals surface area contributed by atoms with E-state index >= 15 is 0 Å². The van der Waals surface area contributed by atoms with E-state index in [-0.39, 0.29) is 17.5 Å². The third-order valence-electron chi connectivity index (χ3n) is 2.48. The van der Waals surface area contributed by atoms with Gasteiger partial charge in [-0.2, -0.15) is 0 Å². The minimum atomic E-state index is -1.08. The van der Waals surface area contributed by atoms with Crippen molar-refractivity contribution in [2.45, 2.75) is 27.2 Å². The Kier molecular flexibility index (Phi) is 3.71. The average Bonchev–Trinajstić information content (AvgIpc) is 2.58. The SMILES string of the molecule is CCC(C)C(=O)Nc1cc(C)[nH]c1C(=O)O. The van der Waals surface area contributed by atoms with Gasteiger partial charge in [0, 0.05) is 11.6 Å². The van der Waals surface area contributed by atoms with E-state index in [1.165, 1.54) is 0 Å². The van der Waals surface area contributed by atoms with Crippen molar-refractivity contribution in [2.24, 2.45) is 5.92 Å². The van der Waals surface area contributed by atoms with Crippen LogP contribution >= 0.6 is 0 Å². The van der Waals surface area contributed by atoms with E-state index in [1.807, 2.05) is 6.92 Å². The van der Waals surface area contributed by atoms with Gasteiger partial charge in [0.15, 0.2) is 0 Å². The molecule has 0 aliphatic heterocycles. The summed E-state index contributed by atoms with van der Waals surface area (Å²) in [6.07, 6.45) is 0.720. The molecule has 0 saturated carbocycles. The summed E-state index contributed by atoms with van der Waals surface area (Å²) in [6, 6.07) is 1.61. The van der Waals surface area contributed by atoms with Gasteiger partial charge in [-0.15, -0.1) is 0 Å². The molecule has 5 heteroatoms. The molecule has 1 aromatic heterocycles. The Morgan fingerprint density at radius 3 is 2.69 bits per heavy atom. The maximum atomic E-state index is 11.6. The maximum Gasteiger partial charge on any atom is 0.354 e. The molecular weight excluding hydrogens is 208 g/mol. The van der Waals surface area contributed by atoms with Crippen LogP contribution in [0.4, 0.5) is 5.69 Å². The predicted octanol–water partition coefficient (Wildman–Crippen LogP) is 2.01. The summed E-state index contributed by atoms with van der Waals surface area (Å²) in [4.78, 5) is 25.2. The van der Waals surface area contributed by atoms with Crippen LogP contribution < -0.4 is 5.32 Å². The number of hydrogen-bond acceptors (Lipinski definition) is 2. The number of anilines is 1. The number of hydrogen-bond donors (Lipinski definition) is 3. The average molecular weight is 224 g/mol. The number of carboxylic acid groups (broad SMARTS) is 1. The molecule has 1 rings (SSSR count). The van der Waals surface area contributed by atoms with Crippen molar-refractivity contribution in [1.82, 2.24) is 4.98 Å². The van der Waals surface area contributed by atoms with Crippen molar-refractivity contribution in [3.63, 3.8) is 0 Å². The van der Waals surface area contributed by atoms with E-state index in [1.54, 1.807) is 19.9 Å². The number of rotatable bonds is 4. The molecule has 3 N–H and O–H groups in total. The molecule has 1 atom stereocenters. The predicted molar refractivity (Wildman–Crippen MR) is 60.6 cm³/mol. The molecule has 0 aliphatic carbocycles. The monoisotopic (exact) mass is 224 g/mol. The first-order chi connectivity index (χ1) is 7.45. The molecule has 16 heavy (non-hydrogen) atoms. The number of amides is 1. The zero-order valence-electron chi connectivity index (χ0n) is 9.63. The molecule has 0 fully saturated rings. The highest BCUT2D eigenvalue weighted by Gasteiger charge is 2.17. The first-order valence-corrected chi connectivity index (χ1v) is 5.19. The Balaban J connectivity index is 2.88. The van der Waals surface area contributed by atoms with Crippen LogP contribution in [0.15, 0.2) is 6.07 Å². The third-order valence-corrected chi connectivity index (χ3v) is 2.48. The van der Waals surface area contributed by atoms with E-state index in [0.29, 0.717) is 11.4 Å². The van der Waals surface area contributed by atoms with Gasteiger partial charge in [0.05, 0.1) is 5.69 Å². The van der Waals surface area contributed by atoms with Crippen LogP contribution in [0, 0.1) is 12.8 Å². The lowest BCUT2D eigenvalue weighted by Crippen LogP contribution is -2.20. The fourth-order valence-corrected chi connectivity index (χ4v) is 1.30. The standard InChI is InChI=1S/C11H16N2O3/c1-4-6(2)10(14)13-8-5-7(3)12-9(8)11(15)16/h5-6,12H,4H2,1-3H3,(H,13,14)(H,15,16). The Hall–Kier alpha value is -1.78. The number of aromatic carboxylic acids is 1. The Morgan fingerprint density at radius 2 is 2.19 bits per heavy atom. The van der Waals surface area contributed by atoms with E-state index < -0.39 is 5.97 Å². The minimum Gasteiger partial charge on any atom is -0.477 e. The molecule has 0 aliphatic rings. The molecule has 1 unspecified atom stereocenters. The van der Waals surface area contributed by atoms with Crippen molar-refractivity contribution in [3.05, 3.63) is 17.5 Å². The highest BCUT2D eigenvalue weighted by molar-refractivity contribution is 6.00. The van der Waals surface area contributed by atoms with Crippen molar-refractivity contribution in [1.29, 1.82) is 0 Å². The largest absolute Gasteiger partial charge is 0.477 e. The lowest BCUT2D eigenvalue weighted by molar-refractivity contribution is -0.119. The number of nitrogens with one attached hydrogen (secondary N) is 2. The number of H-pyrrole nitrogens is 1. The van der Waals surface area contributed by atoms with Gasteiger partial charge in [-0.1, -0.05) is 13.8 Å². The molecule has 1 heterocycles. The van der Waals surface area contributed by atoms with Gasteiger partial charge in [-0.25, -0.2) is 4.79 Å². The van der Waals surface area contributed by atoms with Crippen LogP contribution in [0.25, 0.3) is 0 Å². The van der Waals surface area contributed by atoms with Crippen LogP contribution in [0.2, 0.25) is 0 Å². The Bertz CT molecular complexity index is 409. The van der Waals surface area contributed by atoms with E-state index in [9.17, 15) is 9.59 Å². The second-order valence-electron chi connectivity index (χ2n) is 3.84. The van der Waals surface area contributed by atoms with E-state index in [0.717, 1.165) is 6.42 Å². The van der Waals surface area contributed by atoms with E-state index in [4.69, 9.17) is 5.11 Å². The van der Waals surface area contributed by atoms with Crippen LogP contribution in [0.3, 0.4) is 0 Å². The molecule has 88 valence electrons. The fourth-order valence-electron chi connectivity index (χ4n) is 1.30. The third kappa shape index (κ3) is 2.62. The number of aromatic nitrogens is 1.